The third-order valence-corrected chi connectivity index (χ3v) is 6.42. The van der Waals surface area contributed by atoms with Crippen LogP contribution in [-0.4, -0.2) is 30.6 Å². The number of halogens is 1. The molecule has 10 heteroatoms. The Hall–Kier alpha value is -3.17. The van der Waals surface area contributed by atoms with E-state index < -0.39 is 0 Å². The number of rotatable bonds is 7. The van der Waals surface area contributed by atoms with Crippen LogP contribution in [0, 0.1) is 0 Å². The van der Waals surface area contributed by atoms with Gasteiger partial charge in [-0.25, -0.2) is 4.98 Å². The van der Waals surface area contributed by atoms with Crippen LogP contribution in [0.1, 0.15) is 30.2 Å². The van der Waals surface area contributed by atoms with Gasteiger partial charge < -0.3 is 14.9 Å². The Morgan fingerprint density at radius 3 is 2.75 bits per heavy atom. The van der Waals surface area contributed by atoms with Crippen molar-refractivity contribution in [3.63, 3.8) is 0 Å². The van der Waals surface area contributed by atoms with E-state index in [2.05, 4.69) is 25.5 Å². The highest BCUT2D eigenvalue weighted by Gasteiger charge is 2.18. The Morgan fingerprint density at radius 2 is 1.94 bits per heavy atom. The lowest BCUT2D eigenvalue weighted by Crippen LogP contribution is -2.14. The predicted octanol–water partition coefficient (Wildman–Crippen LogP) is 4.13. The molecule has 4 aromatic rings. The minimum absolute atomic E-state index is 0.147. The maximum absolute atomic E-state index is 12.3. The molecule has 2 heterocycles. The number of aromatic amines is 1. The number of aryl methyl sites for hydroxylation is 1. The summed E-state index contributed by atoms with van der Waals surface area (Å²) >= 11 is 7.52. The number of aromatic nitrogens is 5. The number of thioether (sulfide) groups is 1. The number of H-pyrrole nitrogens is 1. The number of fused-ring (bicyclic) bond motifs is 1. The zero-order valence-electron chi connectivity index (χ0n) is 17.5. The first-order valence-electron chi connectivity index (χ1n) is 10.0. The summed E-state index contributed by atoms with van der Waals surface area (Å²) in [6.45, 7) is 1.95. The Balaban J connectivity index is 1.41. The number of amides is 1. The van der Waals surface area contributed by atoms with E-state index in [0.29, 0.717) is 44.8 Å². The minimum atomic E-state index is -0.166. The maximum atomic E-state index is 12.3. The van der Waals surface area contributed by atoms with Crippen molar-refractivity contribution < 1.29 is 4.79 Å². The smallest absolute Gasteiger partial charge is 0.258 e. The zero-order chi connectivity index (χ0) is 22.7. The number of hydrogen-bond acceptors (Lipinski definition) is 6. The summed E-state index contributed by atoms with van der Waals surface area (Å²) in [4.78, 5) is 32.1. The van der Waals surface area contributed by atoms with Gasteiger partial charge in [0.05, 0.1) is 26.9 Å². The molecule has 2 aromatic heterocycles. The van der Waals surface area contributed by atoms with Gasteiger partial charge in [0.15, 0.2) is 5.16 Å². The largest absolute Gasteiger partial charge is 0.325 e. The summed E-state index contributed by atoms with van der Waals surface area (Å²) in [7, 11) is 1.85. The van der Waals surface area contributed by atoms with E-state index in [-0.39, 0.29) is 23.1 Å². The first-order valence-corrected chi connectivity index (χ1v) is 11.3. The van der Waals surface area contributed by atoms with Gasteiger partial charge in [0.25, 0.3) is 5.56 Å². The summed E-state index contributed by atoms with van der Waals surface area (Å²) in [6, 6.07) is 14.3. The van der Waals surface area contributed by atoms with Crippen molar-refractivity contribution in [3.8, 4) is 0 Å². The third-order valence-electron chi connectivity index (χ3n) is 4.95. The van der Waals surface area contributed by atoms with Crippen LogP contribution in [0.25, 0.3) is 10.9 Å². The van der Waals surface area contributed by atoms with Crippen molar-refractivity contribution in [2.75, 3.05) is 5.32 Å². The molecule has 32 heavy (non-hydrogen) atoms. The molecule has 1 amide bonds. The molecule has 0 saturated carbocycles. The Labute approximate surface area is 193 Å². The van der Waals surface area contributed by atoms with Crippen LogP contribution in [0.2, 0.25) is 5.02 Å². The number of anilines is 1. The Bertz CT molecular complexity index is 1340. The zero-order valence-corrected chi connectivity index (χ0v) is 19.1. The molecule has 1 atom stereocenters. The number of carbonyl (C=O) groups excluding carboxylic acids is 1. The van der Waals surface area contributed by atoms with E-state index in [4.69, 9.17) is 11.6 Å². The highest BCUT2D eigenvalue weighted by atomic mass is 35.5. The average molecular weight is 469 g/mol. The van der Waals surface area contributed by atoms with E-state index in [1.165, 1.54) is 11.8 Å². The number of carbonyl (C=O) groups is 1. The molecule has 164 valence electrons. The first kappa shape index (κ1) is 22.0. The minimum Gasteiger partial charge on any atom is -0.325 e. The quantitative estimate of drug-likeness (QED) is 0.395. The van der Waals surface area contributed by atoms with Gasteiger partial charge >= 0.3 is 0 Å². The number of hydrogen-bond donors (Lipinski definition) is 2. The lowest BCUT2D eigenvalue weighted by atomic mass is 10.2. The molecule has 0 aliphatic carbocycles. The van der Waals surface area contributed by atoms with Gasteiger partial charge in [0, 0.05) is 19.9 Å². The number of nitrogens with zero attached hydrogens (tertiary/aromatic N) is 4. The van der Waals surface area contributed by atoms with E-state index in [0.717, 1.165) is 0 Å². The number of benzene rings is 2. The molecule has 0 aliphatic heterocycles. The van der Waals surface area contributed by atoms with Gasteiger partial charge in [-0.1, -0.05) is 47.6 Å². The normalized spacial score (nSPS) is 12.1. The highest BCUT2D eigenvalue weighted by molar-refractivity contribution is 7.99. The molecule has 0 aliphatic rings. The molecule has 0 saturated heterocycles. The fourth-order valence-electron chi connectivity index (χ4n) is 3.18. The monoisotopic (exact) mass is 468 g/mol. The van der Waals surface area contributed by atoms with Gasteiger partial charge in [0.2, 0.25) is 5.91 Å². The Kier molecular flexibility index (Phi) is 6.57. The van der Waals surface area contributed by atoms with Gasteiger partial charge in [-0.15, -0.1) is 10.2 Å². The van der Waals surface area contributed by atoms with Gasteiger partial charge in [-0.05, 0) is 31.2 Å². The molecule has 0 radical (unpaired) electrons. The molecule has 0 unspecified atom stereocenters. The van der Waals surface area contributed by atoms with Gasteiger partial charge in [-0.2, -0.15) is 0 Å². The molecule has 8 nitrogen and oxygen atoms in total. The summed E-state index contributed by atoms with van der Waals surface area (Å²) in [5, 5.41) is 12.9. The van der Waals surface area contributed by atoms with E-state index in [9.17, 15) is 9.59 Å². The van der Waals surface area contributed by atoms with Crippen LogP contribution in [0.15, 0.2) is 58.5 Å². The standard InChI is InChI=1S/C22H21ClN6O2S/c1-13(20-25-16-9-5-3-7-14(16)21(31)26-20)32-22-28-27-18(29(22)2)11-12-19(30)24-17-10-6-4-8-15(17)23/h3-10,13H,11-12H2,1-2H3,(H,24,30)(H,25,26,31)/t13-/m1/s1. The maximum Gasteiger partial charge on any atom is 0.258 e. The van der Waals surface area contributed by atoms with E-state index >= 15 is 0 Å². The SMILES string of the molecule is C[C@@H](Sc1nnc(CCC(=O)Nc2ccccc2Cl)n1C)c1nc2ccccc2c(=O)[nH]1. The van der Waals surface area contributed by atoms with Crippen molar-refractivity contribution in [2.24, 2.45) is 7.05 Å². The van der Waals surface area contributed by atoms with Crippen LogP contribution in [0.3, 0.4) is 0 Å². The fraction of sp³-hybridized carbons (Fsp3) is 0.227. The van der Waals surface area contributed by atoms with Gasteiger partial charge in [0.1, 0.15) is 11.6 Å². The molecule has 2 N–H and O–H groups in total. The molecular formula is C22H21ClN6O2S. The second kappa shape index (κ2) is 9.54. The van der Waals surface area contributed by atoms with Crippen LogP contribution in [-0.2, 0) is 18.3 Å². The summed E-state index contributed by atoms with van der Waals surface area (Å²) < 4.78 is 1.85. The fourth-order valence-corrected chi connectivity index (χ4v) is 4.25. The lowest BCUT2D eigenvalue weighted by molar-refractivity contribution is -0.116. The van der Waals surface area contributed by atoms with E-state index in [1.807, 2.05) is 42.8 Å². The third kappa shape index (κ3) is 4.84. The second-order valence-corrected chi connectivity index (χ2v) is 8.93. The van der Waals surface area contributed by atoms with Crippen molar-refractivity contribution in [1.82, 2.24) is 24.7 Å². The summed E-state index contributed by atoms with van der Waals surface area (Å²) in [5.74, 6) is 1.11. The van der Waals surface area contributed by atoms with Crippen LogP contribution >= 0.6 is 23.4 Å². The molecule has 0 spiro atoms. The summed E-state index contributed by atoms with van der Waals surface area (Å²) in [6.07, 6.45) is 0.677. The molecule has 0 bridgehead atoms. The van der Waals surface area contributed by atoms with Gasteiger partial charge in [-0.3, -0.25) is 9.59 Å². The predicted molar refractivity (Wildman–Crippen MR) is 126 cm³/mol. The number of para-hydroxylation sites is 2. The van der Waals surface area contributed by atoms with E-state index in [1.54, 1.807) is 24.3 Å². The average Bonchev–Trinajstić information content (AvgIpc) is 3.13. The molecule has 4 rings (SSSR count). The van der Waals surface area contributed by atoms with Crippen LogP contribution in [0.4, 0.5) is 5.69 Å². The van der Waals surface area contributed by atoms with Crippen molar-refractivity contribution in [1.29, 1.82) is 0 Å². The number of nitrogens with one attached hydrogen (secondary N) is 2. The molecule has 2 aromatic carbocycles. The Morgan fingerprint density at radius 1 is 1.19 bits per heavy atom. The first-order chi connectivity index (χ1) is 15.4. The lowest BCUT2D eigenvalue weighted by Gasteiger charge is -2.11. The van der Waals surface area contributed by atoms with Crippen LogP contribution < -0.4 is 10.9 Å². The molecular weight excluding hydrogens is 448 g/mol. The topological polar surface area (TPSA) is 106 Å². The van der Waals surface area contributed by atoms with Crippen molar-refractivity contribution in [2.45, 2.75) is 30.2 Å². The van der Waals surface area contributed by atoms with Crippen molar-refractivity contribution >= 4 is 45.9 Å². The van der Waals surface area contributed by atoms with Crippen LogP contribution in [0.5, 0.6) is 0 Å². The van der Waals surface area contributed by atoms with Crippen molar-refractivity contribution in [3.05, 3.63) is 75.6 Å². The highest BCUT2D eigenvalue weighted by Crippen LogP contribution is 2.32. The summed E-state index contributed by atoms with van der Waals surface area (Å²) in [5.41, 5.74) is 1.07. The second-order valence-electron chi connectivity index (χ2n) is 7.21. The molecule has 0 fully saturated rings.